The number of carbonyl (C=O) groups excluding carboxylic acids is 1. The number of anilines is 2. The number of morpholine rings is 1. The molecule has 1 aromatic carbocycles. The van der Waals surface area contributed by atoms with Gasteiger partial charge in [0.1, 0.15) is 5.69 Å². The Morgan fingerprint density at radius 3 is 2.61 bits per heavy atom. The first kappa shape index (κ1) is 15.7. The van der Waals surface area contributed by atoms with Gasteiger partial charge in [-0.3, -0.25) is 4.79 Å². The summed E-state index contributed by atoms with van der Waals surface area (Å²) >= 11 is 5.84. The van der Waals surface area contributed by atoms with Crippen LogP contribution in [-0.2, 0) is 4.74 Å². The first-order valence-electron chi connectivity index (χ1n) is 7.37. The van der Waals surface area contributed by atoms with Crippen LogP contribution in [0.5, 0.6) is 0 Å². The van der Waals surface area contributed by atoms with Crippen molar-refractivity contribution in [2.24, 2.45) is 0 Å². The molecule has 0 atom stereocenters. The molecule has 6 nitrogen and oxygen atoms in total. The molecule has 3 rings (SSSR count). The number of ether oxygens (including phenoxy) is 1. The number of nitrogens with zero attached hydrogens (tertiary/aromatic N) is 3. The molecule has 1 aliphatic heterocycles. The van der Waals surface area contributed by atoms with Gasteiger partial charge < -0.3 is 15.0 Å². The average molecular weight is 333 g/mol. The minimum atomic E-state index is -0.271. The van der Waals surface area contributed by atoms with Crippen molar-refractivity contribution in [3.8, 4) is 0 Å². The second-order valence-electron chi connectivity index (χ2n) is 5.26. The molecule has 0 saturated carbocycles. The molecule has 0 bridgehead atoms. The van der Waals surface area contributed by atoms with E-state index in [0.717, 1.165) is 18.8 Å². The van der Waals surface area contributed by atoms with Gasteiger partial charge in [-0.25, -0.2) is 9.97 Å². The lowest BCUT2D eigenvalue weighted by atomic mass is 10.3. The van der Waals surface area contributed by atoms with Gasteiger partial charge in [0.15, 0.2) is 0 Å². The van der Waals surface area contributed by atoms with Gasteiger partial charge in [0.05, 0.1) is 13.2 Å². The second kappa shape index (κ2) is 6.93. The van der Waals surface area contributed by atoms with Crippen LogP contribution < -0.4 is 10.2 Å². The molecular weight excluding hydrogens is 316 g/mol. The number of amides is 1. The van der Waals surface area contributed by atoms with E-state index in [1.165, 1.54) is 0 Å². The predicted octanol–water partition coefficient (Wildman–Crippen LogP) is 2.53. The Morgan fingerprint density at radius 1 is 1.22 bits per heavy atom. The number of aromatic nitrogens is 2. The van der Waals surface area contributed by atoms with Crippen molar-refractivity contribution in [1.29, 1.82) is 0 Å². The van der Waals surface area contributed by atoms with Crippen LogP contribution >= 0.6 is 11.6 Å². The lowest BCUT2D eigenvalue weighted by Gasteiger charge is -2.27. The summed E-state index contributed by atoms with van der Waals surface area (Å²) in [6.07, 6.45) is 0. The molecule has 120 valence electrons. The van der Waals surface area contributed by atoms with Crippen LogP contribution in [0, 0.1) is 6.92 Å². The molecule has 1 fully saturated rings. The number of halogens is 1. The average Bonchev–Trinajstić information content (AvgIpc) is 2.57. The van der Waals surface area contributed by atoms with Crippen LogP contribution in [0.2, 0.25) is 5.02 Å². The lowest BCUT2D eigenvalue weighted by Crippen LogP contribution is -2.37. The van der Waals surface area contributed by atoms with Crippen molar-refractivity contribution in [2.75, 3.05) is 36.5 Å². The van der Waals surface area contributed by atoms with Crippen molar-refractivity contribution in [1.82, 2.24) is 9.97 Å². The van der Waals surface area contributed by atoms with Gasteiger partial charge in [-0.05, 0) is 37.3 Å². The predicted molar refractivity (Wildman–Crippen MR) is 89.2 cm³/mol. The molecular formula is C16H17ClN4O2. The van der Waals surface area contributed by atoms with E-state index in [2.05, 4.69) is 15.3 Å². The van der Waals surface area contributed by atoms with Gasteiger partial charge in [-0.2, -0.15) is 0 Å². The van der Waals surface area contributed by atoms with Gasteiger partial charge in [0.25, 0.3) is 5.91 Å². The number of aryl methyl sites for hydroxylation is 1. The van der Waals surface area contributed by atoms with Gasteiger partial charge in [0.2, 0.25) is 5.95 Å². The Hall–Kier alpha value is -2.18. The Balaban J connectivity index is 1.79. The van der Waals surface area contributed by atoms with Crippen molar-refractivity contribution in [3.63, 3.8) is 0 Å². The minimum absolute atomic E-state index is 0.271. The summed E-state index contributed by atoms with van der Waals surface area (Å²) in [5.41, 5.74) is 1.76. The molecule has 2 heterocycles. The fourth-order valence-corrected chi connectivity index (χ4v) is 2.43. The minimum Gasteiger partial charge on any atom is -0.378 e. The molecule has 23 heavy (non-hydrogen) atoms. The zero-order valence-corrected chi connectivity index (χ0v) is 13.5. The van der Waals surface area contributed by atoms with Gasteiger partial charge in [-0.1, -0.05) is 11.6 Å². The van der Waals surface area contributed by atoms with E-state index < -0.39 is 0 Å². The summed E-state index contributed by atoms with van der Waals surface area (Å²) in [4.78, 5) is 23.2. The quantitative estimate of drug-likeness (QED) is 0.935. The van der Waals surface area contributed by atoms with E-state index in [1.807, 2.05) is 11.8 Å². The highest BCUT2D eigenvalue weighted by Gasteiger charge is 2.17. The molecule has 1 N–H and O–H groups in total. The van der Waals surface area contributed by atoms with E-state index in [-0.39, 0.29) is 5.91 Å². The zero-order chi connectivity index (χ0) is 16.2. The summed E-state index contributed by atoms with van der Waals surface area (Å²) in [6, 6.07) is 8.62. The third-order valence-electron chi connectivity index (χ3n) is 3.47. The summed E-state index contributed by atoms with van der Waals surface area (Å²) < 4.78 is 5.33. The van der Waals surface area contributed by atoms with Crippen LogP contribution in [0.1, 0.15) is 16.2 Å². The maximum atomic E-state index is 12.4. The second-order valence-corrected chi connectivity index (χ2v) is 5.69. The van der Waals surface area contributed by atoms with E-state index in [4.69, 9.17) is 16.3 Å². The number of nitrogens with one attached hydrogen (secondary N) is 1. The van der Waals surface area contributed by atoms with E-state index in [0.29, 0.717) is 35.6 Å². The van der Waals surface area contributed by atoms with Crippen LogP contribution in [-0.4, -0.2) is 42.2 Å². The van der Waals surface area contributed by atoms with E-state index >= 15 is 0 Å². The third kappa shape index (κ3) is 3.97. The third-order valence-corrected chi connectivity index (χ3v) is 3.72. The normalized spacial score (nSPS) is 14.6. The van der Waals surface area contributed by atoms with Crippen molar-refractivity contribution >= 4 is 29.1 Å². The fourth-order valence-electron chi connectivity index (χ4n) is 2.30. The smallest absolute Gasteiger partial charge is 0.274 e. The molecule has 1 amide bonds. The molecule has 1 aromatic heterocycles. The monoisotopic (exact) mass is 332 g/mol. The maximum absolute atomic E-state index is 12.4. The lowest BCUT2D eigenvalue weighted by molar-refractivity contribution is 0.102. The van der Waals surface area contributed by atoms with Crippen LogP contribution in [0.3, 0.4) is 0 Å². The van der Waals surface area contributed by atoms with Crippen LogP contribution in [0.15, 0.2) is 30.3 Å². The van der Waals surface area contributed by atoms with Gasteiger partial charge in [-0.15, -0.1) is 0 Å². The number of rotatable bonds is 3. The summed E-state index contributed by atoms with van der Waals surface area (Å²) in [6.45, 7) is 4.58. The highest BCUT2D eigenvalue weighted by atomic mass is 35.5. The Labute approximate surface area is 139 Å². The molecule has 0 aliphatic carbocycles. The fraction of sp³-hybridized carbons (Fsp3) is 0.312. The summed E-state index contributed by atoms with van der Waals surface area (Å²) in [7, 11) is 0. The van der Waals surface area contributed by atoms with Crippen molar-refractivity contribution in [3.05, 3.63) is 46.7 Å². The Kier molecular flexibility index (Phi) is 4.73. The Bertz CT molecular complexity index is 700. The molecule has 0 radical (unpaired) electrons. The SMILES string of the molecule is Cc1cc(C(=O)Nc2ccc(Cl)cc2)nc(N2CCOCC2)n1. The topological polar surface area (TPSA) is 67.4 Å². The largest absolute Gasteiger partial charge is 0.378 e. The molecule has 7 heteroatoms. The number of hydrogen-bond acceptors (Lipinski definition) is 5. The van der Waals surface area contributed by atoms with Crippen LogP contribution in [0.25, 0.3) is 0 Å². The van der Waals surface area contributed by atoms with Gasteiger partial charge in [0, 0.05) is 29.5 Å². The highest BCUT2D eigenvalue weighted by Crippen LogP contribution is 2.16. The van der Waals surface area contributed by atoms with Crippen molar-refractivity contribution in [2.45, 2.75) is 6.92 Å². The van der Waals surface area contributed by atoms with Gasteiger partial charge >= 0.3 is 0 Å². The number of hydrogen-bond donors (Lipinski definition) is 1. The molecule has 1 aliphatic rings. The molecule has 2 aromatic rings. The number of benzene rings is 1. The van der Waals surface area contributed by atoms with E-state index in [1.54, 1.807) is 30.3 Å². The molecule has 0 spiro atoms. The maximum Gasteiger partial charge on any atom is 0.274 e. The Morgan fingerprint density at radius 2 is 1.91 bits per heavy atom. The molecule has 1 saturated heterocycles. The highest BCUT2D eigenvalue weighted by molar-refractivity contribution is 6.30. The summed E-state index contributed by atoms with van der Waals surface area (Å²) in [5.74, 6) is 0.293. The molecule has 0 unspecified atom stereocenters. The number of carbonyl (C=O) groups is 1. The van der Waals surface area contributed by atoms with Crippen molar-refractivity contribution < 1.29 is 9.53 Å². The first-order valence-corrected chi connectivity index (χ1v) is 7.75. The first-order chi connectivity index (χ1) is 11.1. The zero-order valence-electron chi connectivity index (χ0n) is 12.8. The standard InChI is InChI=1S/C16H17ClN4O2/c1-11-10-14(15(22)19-13-4-2-12(17)3-5-13)20-16(18-11)21-6-8-23-9-7-21/h2-5,10H,6-9H2,1H3,(H,19,22). The van der Waals surface area contributed by atoms with Crippen LogP contribution in [0.4, 0.5) is 11.6 Å². The summed E-state index contributed by atoms with van der Waals surface area (Å²) in [5, 5.41) is 3.43. The van der Waals surface area contributed by atoms with E-state index in [9.17, 15) is 4.79 Å².